The van der Waals surface area contributed by atoms with E-state index in [0.29, 0.717) is 29.3 Å². The summed E-state index contributed by atoms with van der Waals surface area (Å²) in [5, 5.41) is 12.4. The number of fused-ring (bicyclic) bond motifs is 2. The molecule has 0 amide bonds. The van der Waals surface area contributed by atoms with Crippen molar-refractivity contribution >= 4 is 16.3 Å². The van der Waals surface area contributed by atoms with Gasteiger partial charge in [-0.05, 0) is 113 Å². The molecule has 0 saturated heterocycles. The lowest BCUT2D eigenvalue weighted by molar-refractivity contribution is -0.0417. The highest BCUT2D eigenvalue weighted by Gasteiger charge is 2.58. The highest BCUT2D eigenvalue weighted by Crippen LogP contribution is 2.65. The molecule has 56 heavy (non-hydrogen) atoms. The highest BCUT2D eigenvalue weighted by molar-refractivity contribution is 5.90. The average Bonchev–Trinajstić information content (AvgIpc) is 3.26. The number of aromatic nitrogens is 3. The van der Waals surface area contributed by atoms with E-state index in [1.54, 1.807) is 0 Å². The SMILES string of the molecule is N#CC1=CC=CC2=C(c3ccc4cc(C5(c6ccc(-c7nc(-c8ccccc8)nc(-c8ccccc8)n7)cc6)C6CC7CC(C6)CC5C7)ccc4c3)C=CCC12. The third-order valence-corrected chi connectivity index (χ3v) is 13.8. The lowest BCUT2D eigenvalue weighted by atomic mass is 9.42. The summed E-state index contributed by atoms with van der Waals surface area (Å²) < 4.78 is 0. The largest absolute Gasteiger partial charge is 0.208 e. The van der Waals surface area contributed by atoms with E-state index >= 15 is 0 Å². The molecule has 6 aromatic rings. The third kappa shape index (κ3) is 5.36. The molecule has 4 nitrogen and oxygen atoms in total. The minimum absolute atomic E-state index is 0.0286. The van der Waals surface area contributed by atoms with Gasteiger partial charge in [-0.1, -0.05) is 140 Å². The molecule has 0 N–H and O–H groups in total. The van der Waals surface area contributed by atoms with Crippen molar-refractivity contribution in [3.63, 3.8) is 0 Å². The van der Waals surface area contributed by atoms with Crippen LogP contribution in [0.15, 0.2) is 163 Å². The first-order chi connectivity index (χ1) is 27.6. The van der Waals surface area contributed by atoms with Crippen LogP contribution in [0, 0.1) is 40.9 Å². The lowest BCUT2D eigenvalue weighted by Gasteiger charge is -2.62. The molecule has 0 aliphatic heterocycles. The van der Waals surface area contributed by atoms with Crippen molar-refractivity contribution in [2.45, 2.75) is 43.9 Å². The topological polar surface area (TPSA) is 62.5 Å². The number of hydrogen-bond donors (Lipinski definition) is 0. The molecule has 1 heterocycles. The van der Waals surface area contributed by atoms with E-state index in [9.17, 15) is 5.26 Å². The molecule has 6 aliphatic rings. The number of rotatable bonds is 6. The van der Waals surface area contributed by atoms with Gasteiger partial charge in [-0.2, -0.15) is 5.26 Å². The van der Waals surface area contributed by atoms with Gasteiger partial charge < -0.3 is 0 Å². The highest BCUT2D eigenvalue weighted by atomic mass is 15.0. The van der Waals surface area contributed by atoms with Crippen LogP contribution in [0.25, 0.3) is 50.5 Å². The summed E-state index contributed by atoms with van der Waals surface area (Å²) in [6.45, 7) is 0. The second kappa shape index (κ2) is 13.2. The molecule has 1 atom stereocenters. The van der Waals surface area contributed by atoms with Gasteiger partial charge in [0, 0.05) is 33.6 Å². The van der Waals surface area contributed by atoms with Crippen LogP contribution in [0.4, 0.5) is 0 Å². The molecular weight excluding hydrogens is 681 g/mol. The van der Waals surface area contributed by atoms with Gasteiger partial charge >= 0.3 is 0 Å². The minimum Gasteiger partial charge on any atom is -0.208 e. The zero-order valence-corrected chi connectivity index (χ0v) is 31.4. The molecule has 6 aliphatic carbocycles. The van der Waals surface area contributed by atoms with Crippen LogP contribution in [-0.2, 0) is 5.41 Å². The van der Waals surface area contributed by atoms with Crippen molar-refractivity contribution in [2.24, 2.45) is 29.6 Å². The lowest BCUT2D eigenvalue weighted by Crippen LogP contribution is -2.56. The molecule has 5 aromatic carbocycles. The van der Waals surface area contributed by atoms with Crippen LogP contribution >= 0.6 is 0 Å². The Hall–Kier alpha value is -6.18. The van der Waals surface area contributed by atoms with Gasteiger partial charge in [0.25, 0.3) is 0 Å². The Morgan fingerprint density at radius 3 is 1.73 bits per heavy atom. The van der Waals surface area contributed by atoms with E-state index in [2.05, 4.69) is 109 Å². The van der Waals surface area contributed by atoms with E-state index in [4.69, 9.17) is 15.0 Å². The number of nitriles is 1. The molecule has 4 bridgehead atoms. The molecule has 0 spiro atoms. The van der Waals surface area contributed by atoms with Gasteiger partial charge in [0.2, 0.25) is 0 Å². The Labute approximate surface area is 328 Å². The first kappa shape index (κ1) is 33.2. The average molecular weight is 723 g/mol. The summed E-state index contributed by atoms with van der Waals surface area (Å²) in [6, 6.07) is 46.5. The molecular formula is C52H42N4. The minimum atomic E-state index is -0.0286. The van der Waals surface area contributed by atoms with Crippen LogP contribution < -0.4 is 0 Å². The van der Waals surface area contributed by atoms with Gasteiger partial charge in [-0.25, -0.2) is 15.0 Å². The Bertz CT molecular complexity index is 2590. The van der Waals surface area contributed by atoms with E-state index in [1.807, 2.05) is 48.6 Å². The maximum Gasteiger partial charge on any atom is 0.164 e. The number of nitrogens with zero attached hydrogens (tertiary/aromatic N) is 4. The fraction of sp³-hybridized carbons (Fsp3) is 0.231. The standard InChI is InChI=1S/C52H42N4/c53-32-41-13-7-16-48-46(14-8-15-47(41)48)40-18-17-39-31-43(24-21-38(39)30-40)52(44-26-33-25-34(28-44)29-45(52)27-33)42-22-19-37(20-23-42)51-55-49(35-9-3-1-4-10-35)54-50(56-51)36-11-5-2-6-12-36/h1-14,16-24,30-31,33-34,44-45,47H,15,25-29H2. The van der Waals surface area contributed by atoms with Crippen molar-refractivity contribution in [2.75, 3.05) is 0 Å². The van der Waals surface area contributed by atoms with Crippen molar-refractivity contribution in [3.05, 3.63) is 180 Å². The first-order valence-corrected chi connectivity index (χ1v) is 20.4. The summed E-state index contributed by atoms with van der Waals surface area (Å²) in [7, 11) is 0. The summed E-state index contributed by atoms with van der Waals surface area (Å²) >= 11 is 0. The van der Waals surface area contributed by atoms with Gasteiger partial charge in [0.05, 0.1) is 6.07 Å². The van der Waals surface area contributed by atoms with Crippen molar-refractivity contribution in [1.29, 1.82) is 5.26 Å². The second-order valence-corrected chi connectivity index (χ2v) is 16.7. The molecule has 1 unspecified atom stereocenters. The number of allylic oxidation sites excluding steroid dienone is 8. The first-order valence-electron chi connectivity index (χ1n) is 20.4. The molecule has 1 aromatic heterocycles. The smallest absolute Gasteiger partial charge is 0.164 e. The van der Waals surface area contributed by atoms with Crippen molar-refractivity contribution in [3.8, 4) is 40.2 Å². The van der Waals surface area contributed by atoms with Crippen LogP contribution in [-0.4, -0.2) is 15.0 Å². The summed E-state index contributed by atoms with van der Waals surface area (Å²) in [5.41, 5.74) is 10.4. The van der Waals surface area contributed by atoms with E-state index in [1.165, 1.54) is 70.7 Å². The van der Waals surface area contributed by atoms with Crippen molar-refractivity contribution < 1.29 is 0 Å². The zero-order chi connectivity index (χ0) is 37.2. The van der Waals surface area contributed by atoms with E-state index < -0.39 is 0 Å². The second-order valence-electron chi connectivity index (χ2n) is 16.7. The molecule has 0 radical (unpaired) electrons. The molecule has 12 rings (SSSR count). The van der Waals surface area contributed by atoms with Crippen LogP contribution in [0.1, 0.15) is 55.2 Å². The molecule has 270 valence electrons. The summed E-state index contributed by atoms with van der Waals surface area (Å²) in [6.07, 6.45) is 18.2. The maximum absolute atomic E-state index is 9.80. The normalized spacial score (nSPS) is 25.9. The van der Waals surface area contributed by atoms with Gasteiger partial charge in [0.1, 0.15) is 0 Å². The van der Waals surface area contributed by atoms with Gasteiger partial charge in [-0.15, -0.1) is 0 Å². The van der Waals surface area contributed by atoms with E-state index in [-0.39, 0.29) is 11.3 Å². The fourth-order valence-corrected chi connectivity index (χ4v) is 11.5. The van der Waals surface area contributed by atoms with E-state index in [0.717, 1.165) is 40.5 Å². The quantitative estimate of drug-likeness (QED) is 0.172. The molecule has 4 saturated carbocycles. The Morgan fingerprint density at radius 1 is 0.554 bits per heavy atom. The fourth-order valence-electron chi connectivity index (χ4n) is 11.5. The van der Waals surface area contributed by atoms with Gasteiger partial charge in [0.15, 0.2) is 17.5 Å². The predicted octanol–water partition coefficient (Wildman–Crippen LogP) is 12.1. The monoisotopic (exact) mass is 722 g/mol. The summed E-state index contributed by atoms with van der Waals surface area (Å²) in [4.78, 5) is 15.0. The predicted molar refractivity (Wildman–Crippen MR) is 225 cm³/mol. The Balaban J connectivity index is 0.998. The third-order valence-electron chi connectivity index (χ3n) is 13.8. The Kier molecular flexibility index (Phi) is 7.85. The molecule has 4 fully saturated rings. The van der Waals surface area contributed by atoms with Crippen LogP contribution in [0.2, 0.25) is 0 Å². The number of hydrogen-bond acceptors (Lipinski definition) is 4. The van der Waals surface area contributed by atoms with Crippen molar-refractivity contribution in [1.82, 2.24) is 15.0 Å². The summed E-state index contributed by atoms with van der Waals surface area (Å²) in [5.74, 6) is 5.19. The zero-order valence-electron chi connectivity index (χ0n) is 31.4. The Morgan fingerprint density at radius 2 is 1.11 bits per heavy atom. The van der Waals surface area contributed by atoms with Crippen LogP contribution in [0.5, 0.6) is 0 Å². The maximum atomic E-state index is 9.80. The molecule has 4 heteroatoms. The van der Waals surface area contributed by atoms with Gasteiger partial charge in [-0.3, -0.25) is 0 Å². The number of benzene rings is 5. The van der Waals surface area contributed by atoms with Crippen LogP contribution in [0.3, 0.4) is 0 Å².